The number of fused-ring (bicyclic) bond motifs is 1. The summed E-state index contributed by atoms with van der Waals surface area (Å²) >= 11 is 0. The van der Waals surface area contributed by atoms with Crippen LogP contribution in [0.1, 0.15) is 27.2 Å². The Morgan fingerprint density at radius 3 is 2.73 bits per heavy atom. The van der Waals surface area contributed by atoms with Crippen molar-refractivity contribution in [3.63, 3.8) is 0 Å². The highest BCUT2D eigenvalue weighted by Crippen LogP contribution is 2.60. The molecule has 3 unspecified atom stereocenters. The van der Waals surface area contributed by atoms with E-state index in [0.717, 1.165) is 24.1 Å². The number of hydrogen-bond donors (Lipinski definition) is 1. The maximum atomic E-state index is 5.71. The van der Waals surface area contributed by atoms with Gasteiger partial charge in [0.05, 0.1) is 11.9 Å². The van der Waals surface area contributed by atoms with E-state index in [2.05, 4.69) is 25.8 Å². The Balaban J connectivity index is 2.25. The van der Waals surface area contributed by atoms with Gasteiger partial charge in [0.1, 0.15) is 0 Å². The van der Waals surface area contributed by atoms with E-state index < -0.39 is 0 Å². The zero-order chi connectivity index (χ0) is 8.22. The fourth-order valence-corrected chi connectivity index (χ4v) is 2.63. The van der Waals surface area contributed by atoms with Crippen LogP contribution in [-0.2, 0) is 0 Å². The molecule has 1 aliphatic carbocycles. The molecule has 0 spiro atoms. The first-order valence-corrected chi connectivity index (χ1v) is 4.35. The molecule has 11 heavy (non-hydrogen) atoms. The predicted octanol–water partition coefficient (Wildman–Crippen LogP) is 1.41. The second-order valence-electron chi connectivity index (χ2n) is 4.59. The zero-order valence-corrected chi connectivity index (χ0v) is 7.46. The van der Waals surface area contributed by atoms with Gasteiger partial charge in [-0.1, -0.05) is 20.8 Å². The average Bonchev–Trinajstić information content (AvgIpc) is 2.34. The Labute approximate surface area is 67.9 Å². The normalized spacial score (nSPS) is 46.1. The smallest absolute Gasteiger partial charge is 0.0943 e. The Morgan fingerprint density at radius 2 is 2.18 bits per heavy atom. The highest BCUT2D eigenvalue weighted by Gasteiger charge is 2.61. The SMILES string of the molecule is CC1CC(N)=NC2C1C2(C)C. The molecule has 2 nitrogen and oxygen atoms in total. The molecular formula is C9H16N2. The van der Waals surface area contributed by atoms with Crippen LogP contribution in [0, 0.1) is 17.3 Å². The van der Waals surface area contributed by atoms with Gasteiger partial charge < -0.3 is 5.73 Å². The lowest BCUT2D eigenvalue weighted by Gasteiger charge is -2.14. The summed E-state index contributed by atoms with van der Waals surface area (Å²) < 4.78 is 0. The third-order valence-corrected chi connectivity index (χ3v) is 3.30. The van der Waals surface area contributed by atoms with Crippen molar-refractivity contribution in [2.24, 2.45) is 28.0 Å². The van der Waals surface area contributed by atoms with Crippen LogP contribution in [0.15, 0.2) is 4.99 Å². The van der Waals surface area contributed by atoms with E-state index in [1.807, 2.05) is 0 Å². The lowest BCUT2D eigenvalue weighted by molar-refractivity contribution is 0.430. The van der Waals surface area contributed by atoms with E-state index >= 15 is 0 Å². The minimum absolute atomic E-state index is 0.431. The van der Waals surface area contributed by atoms with Crippen molar-refractivity contribution in [3.8, 4) is 0 Å². The number of amidine groups is 1. The lowest BCUT2D eigenvalue weighted by atomic mass is 9.95. The highest BCUT2D eigenvalue weighted by atomic mass is 15.0. The fourth-order valence-electron chi connectivity index (χ4n) is 2.63. The third-order valence-electron chi connectivity index (χ3n) is 3.30. The van der Waals surface area contributed by atoms with Crippen LogP contribution < -0.4 is 5.73 Å². The quantitative estimate of drug-likeness (QED) is 0.560. The van der Waals surface area contributed by atoms with Crippen molar-refractivity contribution >= 4 is 5.84 Å². The summed E-state index contributed by atoms with van der Waals surface area (Å²) in [4.78, 5) is 4.45. The van der Waals surface area contributed by atoms with Gasteiger partial charge in [0.2, 0.25) is 0 Å². The number of nitrogens with zero attached hydrogens (tertiary/aromatic N) is 1. The third kappa shape index (κ3) is 0.815. The molecule has 2 rings (SSSR count). The summed E-state index contributed by atoms with van der Waals surface area (Å²) in [6, 6.07) is 0.534. The van der Waals surface area contributed by atoms with Crippen LogP contribution in [0.25, 0.3) is 0 Å². The molecule has 0 amide bonds. The number of nitrogens with two attached hydrogens (primary N) is 1. The molecule has 0 radical (unpaired) electrons. The van der Waals surface area contributed by atoms with Crippen LogP contribution in [0.3, 0.4) is 0 Å². The largest absolute Gasteiger partial charge is 0.387 e. The molecule has 0 bridgehead atoms. The van der Waals surface area contributed by atoms with Crippen molar-refractivity contribution in [3.05, 3.63) is 0 Å². The molecule has 1 saturated carbocycles. The van der Waals surface area contributed by atoms with Crippen molar-refractivity contribution in [2.75, 3.05) is 0 Å². The van der Waals surface area contributed by atoms with Crippen molar-refractivity contribution < 1.29 is 0 Å². The molecule has 0 aromatic carbocycles. The van der Waals surface area contributed by atoms with Gasteiger partial charge in [-0.3, -0.25) is 4.99 Å². The molecule has 1 fully saturated rings. The molecule has 2 N–H and O–H groups in total. The van der Waals surface area contributed by atoms with Gasteiger partial charge in [0.15, 0.2) is 0 Å². The van der Waals surface area contributed by atoms with E-state index in [0.29, 0.717) is 11.5 Å². The first kappa shape index (κ1) is 7.14. The highest BCUT2D eigenvalue weighted by molar-refractivity contribution is 5.82. The topological polar surface area (TPSA) is 38.4 Å². The molecule has 2 aliphatic rings. The van der Waals surface area contributed by atoms with Crippen LogP contribution in [0.4, 0.5) is 0 Å². The Hall–Kier alpha value is -0.530. The van der Waals surface area contributed by atoms with Crippen LogP contribution in [-0.4, -0.2) is 11.9 Å². The van der Waals surface area contributed by atoms with Gasteiger partial charge >= 0.3 is 0 Å². The molecular weight excluding hydrogens is 136 g/mol. The maximum absolute atomic E-state index is 5.71. The monoisotopic (exact) mass is 152 g/mol. The average molecular weight is 152 g/mol. The summed E-state index contributed by atoms with van der Waals surface area (Å²) in [5.74, 6) is 2.41. The van der Waals surface area contributed by atoms with E-state index in [1.54, 1.807) is 0 Å². The fraction of sp³-hybridized carbons (Fsp3) is 0.889. The summed E-state index contributed by atoms with van der Waals surface area (Å²) in [6.45, 7) is 6.87. The molecule has 1 heterocycles. The van der Waals surface area contributed by atoms with E-state index in [4.69, 9.17) is 5.73 Å². The maximum Gasteiger partial charge on any atom is 0.0943 e. The lowest BCUT2D eigenvalue weighted by Crippen LogP contribution is -2.22. The summed E-state index contributed by atoms with van der Waals surface area (Å²) in [5, 5.41) is 0. The molecule has 1 aliphatic heterocycles. The van der Waals surface area contributed by atoms with Crippen LogP contribution in [0.2, 0.25) is 0 Å². The first-order chi connectivity index (χ1) is 5.03. The summed E-state index contributed by atoms with van der Waals surface area (Å²) in [7, 11) is 0. The van der Waals surface area contributed by atoms with Gasteiger partial charge in [0, 0.05) is 6.42 Å². The minimum atomic E-state index is 0.431. The zero-order valence-electron chi connectivity index (χ0n) is 7.46. The molecule has 2 heteroatoms. The van der Waals surface area contributed by atoms with Gasteiger partial charge in [-0.15, -0.1) is 0 Å². The summed E-state index contributed by atoms with van der Waals surface area (Å²) in [5.41, 5.74) is 6.14. The van der Waals surface area contributed by atoms with Gasteiger partial charge in [0.25, 0.3) is 0 Å². The summed E-state index contributed by atoms with van der Waals surface area (Å²) in [6.07, 6.45) is 1.00. The Bertz CT molecular complexity index is 218. The van der Waals surface area contributed by atoms with Gasteiger partial charge in [-0.25, -0.2) is 0 Å². The Morgan fingerprint density at radius 1 is 1.55 bits per heavy atom. The standard InChI is InChI=1S/C9H16N2/c1-5-4-6(10)11-8-7(5)9(8,2)3/h5,7-8H,4H2,1-3H3,(H2,10,11). The second kappa shape index (κ2) is 1.79. The first-order valence-electron chi connectivity index (χ1n) is 4.35. The van der Waals surface area contributed by atoms with E-state index in [1.165, 1.54) is 0 Å². The number of aliphatic imine (C=N–C) groups is 1. The van der Waals surface area contributed by atoms with Crippen molar-refractivity contribution in [1.82, 2.24) is 0 Å². The second-order valence-corrected chi connectivity index (χ2v) is 4.59. The van der Waals surface area contributed by atoms with Crippen LogP contribution >= 0.6 is 0 Å². The van der Waals surface area contributed by atoms with E-state index in [9.17, 15) is 0 Å². The van der Waals surface area contributed by atoms with Crippen molar-refractivity contribution in [1.29, 1.82) is 0 Å². The number of rotatable bonds is 0. The molecule has 0 aromatic rings. The molecule has 0 aromatic heterocycles. The van der Waals surface area contributed by atoms with Gasteiger partial charge in [-0.05, 0) is 17.3 Å². The van der Waals surface area contributed by atoms with Crippen molar-refractivity contribution in [2.45, 2.75) is 33.2 Å². The minimum Gasteiger partial charge on any atom is -0.387 e. The molecule has 3 atom stereocenters. The Kier molecular flexibility index (Phi) is 1.16. The molecule has 62 valence electrons. The molecule has 0 saturated heterocycles. The van der Waals surface area contributed by atoms with E-state index in [-0.39, 0.29) is 0 Å². The number of hydrogen-bond acceptors (Lipinski definition) is 2. The predicted molar refractivity (Wildman–Crippen MR) is 46.5 cm³/mol. The van der Waals surface area contributed by atoms with Gasteiger partial charge in [-0.2, -0.15) is 0 Å². The van der Waals surface area contributed by atoms with Crippen LogP contribution in [0.5, 0.6) is 0 Å².